The summed E-state index contributed by atoms with van der Waals surface area (Å²) in [7, 11) is 0. The molecule has 4 rings (SSSR count). The number of hydrogen-bond acceptors (Lipinski definition) is 3. The zero-order valence-corrected chi connectivity index (χ0v) is 19.5. The van der Waals surface area contributed by atoms with Crippen molar-refractivity contribution in [1.82, 2.24) is 9.38 Å². The van der Waals surface area contributed by atoms with E-state index in [0.717, 1.165) is 40.9 Å². The lowest BCUT2D eigenvalue weighted by Gasteiger charge is -2.19. The van der Waals surface area contributed by atoms with E-state index in [1.165, 1.54) is 37.7 Å². The molecule has 2 aromatic carbocycles. The molecule has 164 valence electrons. The van der Waals surface area contributed by atoms with Crippen molar-refractivity contribution in [2.75, 3.05) is 5.32 Å². The third-order valence-electron chi connectivity index (χ3n) is 6.10. The molecule has 4 nitrogen and oxygen atoms in total. The number of halogens is 1. The van der Waals surface area contributed by atoms with Gasteiger partial charge in [-0.25, -0.2) is 4.98 Å². The van der Waals surface area contributed by atoms with E-state index in [1.807, 2.05) is 49.4 Å². The first kappa shape index (κ1) is 22.2. The van der Waals surface area contributed by atoms with Gasteiger partial charge in [0, 0.05) is 10.7 Å². The number of aromatic nitrogens is 2. The molecule has 32 heavy (non-hydrogen) atoms. The number of para-hydroxylation sites is 2. The normalized spacial score (nSPS) is 11.2. The Bertz CT molecular complexity index is 1280. The predicted molar refractivity (Wildman–Crippen MR) is 134 cm³/mol. The molecule has 0 fully saturated rings. The number of benzene rings is 2. The number of hydrogen-bond donors (Lipinski definition) is 1. The van der Waals surface area contributed by atoms with Gasteiger partial charge in [-0.3, -0.25) is 4.40 Å². The Morgan fingerprint density at radius 2 is 1.81 bits per heavy atom. The maximum Gasteiger partial charge on any atom is 0.157 e. The number of fused-ring (bicyclic) bond motifs is 3. The van der Waals surface area contributed by atoms with Gasteiger partial charge in [-0.1, -0.05) is 68.8 Å². The molecule has 0 aliphatic heterocycles. The summed E-state index contributed by atoms with van der Waals surface area (Å²) < 4.78 is 2.11. The molecule has 0 bridgehead atoms. The van der Waals surface area contributed by atoms with Crippen LogP contribution < -0.4 is 5.32 Å². The Balaban J connectivity index is 1.84. The van der Waals surface area contributed by atoms with Gasteiger partial charge in [0.05, 0.1) is 16.6 Å². The molecule has 0 saturated carbocycles. The van der Waals surface area contributed by atoms with Crippen molar-refractivity contribution in [3.05, 3.63) is 70.2 Å². The smallest absolute Gasteiger partial charge is 0.157 e. The van der Waals surface area contributed by atoms with E-state index in [4.69, 9.17) is 16.6 Å². The lowest BCUT2D eigenvalue weighted by atomic mass is 9.98. The molecule has 0 aliphatic carbocycles. The highest BCUT2D eigenvalue weighted by atomic mass is 35.5. The van der Waals surface area contributed by atoms with Crippen molar-refractivity contribution in [2.24, 2.45) is 0 Å². The molecule has 1 N–H and O–H groups in total. The number of rotatable bonds is 9. The summed E-state index contributed by atoms with van der Waals surface area (Å²) in [6, 6.07) is 18.2. The molecular weight excluding hydrogens is 416 g/mol. The summed E-state index contributed by atoms with van der Waals surface area (Å²) in [6.45, 7) is 4.29. The summed E-state index contributed by atoms with van der Waals surface area (Å²) in [4.78, 5) is 4.81. The van der Waals surface area contributed by atoms with Crippen molar-refractivity contribution in [3.63, 3.8) is 0 Å². The topological polar surface area (TPSA) is 53.1 Å². The van der Waals surface area contributed by atoms with Gasteiger partial charge in [0.2, 0.25) is 0 Å². The molecule has 0 atom stereocenters. The molecule has 2 heterocycles. The van der Waals surface area contributed by atoms with E-state index in [-0.39, 0.29) is 0 Å². The van der Waals surface area contributed by atoms with Crippen LogP contribution in [0, 0.1) is 18.3 Å². The van der Waals surface area contributed by atoms with Crippen LogP contribution in [0.15, 0.2) is 48.5 Å². The van der Waals surface area contributed by atoms with Gasteiger partial charge in [-0.05, 0) is 61.2 Å². The second kappa shape index (κ2) is 10.1. The fourth-order valence-electron chi connectivity index (χ4n) is 4.41. The molecule has 0 amide bonds. The number of pyridine rings is 1. The van der Waals surface area contributed by atoms with Crippen LogP contribution in [-0.2, 0) is 6.42 Å². The van der Waals surface area contributed by atoms with Gasteiger partial charge >= 0.3 is 0 Å². The Morgan fingerprint density at radius 1 is 1.03 bits per heavy atom. The van der Waals surface area contributed by atoms with Crippen molar-refractivity contribution >= 4 is 39.8 Å². The van der Waals surface area contributed by atoms with E-state index < -0.39 is 0 Å². The minimum absolute atomic E-state index is 0.652. The van der Waals surface area contributed by atoms with Crippen LogP contribution in [0.2, 0.25) is 5.02 Å². The lowest BCUT2D eigenvalue weighted by molar-refractivity contribution is 0.607. The van der Waals surface area contributed by atoms with Gasteiger partial charge in [-0.2, -0.15) is 5.26 Å². The van der Waals surface area contributed by atoms with Gasteiger partial charge < -0.3 is 5.32 Å². The molecule has 5 heteroatoms. The molecule has 4 aromatic rings. The molecule has 0 saturated heterocycles. The highest BCUT2D eigenvalue weighted by Gasteiger charge is 2.20. The van der Waals surface area contributed by atoms with Gasteiger partial charge in [0.25, 0.3) is 0 Å². The first-order valence-corrected chi connectivity index (χ1v) is 11.9. The molecule has 0 spiro atoms. The Morgan fingerprint density at radius 3 is 2.59 bits per heavy atom. The van der Waals surface area contributed by atoms with Gasteiger partial charge in [-0.15, -0.1) is 0 Å². The zero-order valence-electron chi connectivity index (χ0n) is 18.8. The first-order valence-electron chi connectivity index (χ1n) is 11.5. The van der Waals surface area contributed by atoms with Crippen LogP contribution in [0.3, 0.4) is 0 Å². The molecule has 0 unspecified atom stereocenters. The molecule has 0 radical (unpaired) electrons. The van der Waals surface area contributed by atoms with Crippen LogP contribution in [0.4, 0.5) is 11.5 Å². The highest BCUT2D eigenvalue weighted by molar-refractivity contribution is 6.30. The minimum atomic E-state index is 0.652. The largest absolute Gasteiger partial charge is 0.341 e. The van der Waals surface area contributed by atoms with Crippen molar-refractivity contribution in [3.8, 4) is 6.07 Å². The summed E-state index contributed by atoms with van der Waals surface area (Å²) in [5.74, 6) is 0.973. The summed E-state index contributed by atoms with van der Waals surface area (Å²) in [6.07, 6.45) is 8.30. The standard InChI is InChI=1S/C27H29ClN4/c1-3-4-5-6-7-8-14-22-19(2)23(18-29)27-31-24-15-9-10-16-25(24)32(27)26(22)30-21-13-11-12-20(28)17-21/h9-13,15-17,30H,3-8,14H2,1-2H3. The number of imidazole rings is 1. The number of nitrogens with zero attached hydrogens (tertiary/aromatic N) is 3. The second-order valence-electron chi connectivity index (χ2n) is 8.35. The Labute approximate surface area is 194 Å². The van der Waals surface area contributed by atoms with E-state index >= 15 is 0 Å². The predicted octanol–water partition coefficient (Wildman–Crippen LogP) is 7.97. The van der Waals surface area contributed by atoms with Crippen LogP contribution >= 0.6 is 11.6 Å². The maximum absolute atomic E-state index is 10.0. The van der Waals surface area contributed by atoms with Crippen molar-refractivity contribution in [1.29, 1.82) is 5.26 Å². The third-order valence-corrected chi connectivity index (χ3v) is 6.34. The second-order valence-corrected chi connectivity index (χ2v) is 8.79. The zero-order chi connectivity index (χ0) is 22.5. The van der Waals surface area contributed by atoms with Crippen LogP contribution in [-0.4, -0.2) is 9.38 Å². The van der Waals surface area contributed by atoms with Crippen LogP contribution in [0.25, 0.3) is 16.7 Å². The fourth-order valence-corrected chi connectivity index (χ4v) is 4.60. The molecular formula is C27H29ClN4. The molecule has 2 aromatic heterocycles. The number of unbranched alkanes of at least 4 members (excludes halogenated alkanes) is 5. The minimum Gasteiger partial charge on any atom is -0.341 e. The van der Waals surface area contributed by atoms with E-state index in [1.54, 1.807) is 0 Å². The average Bonchev–Trinajstić information content (AvgIpc) is 3.17. The third kappa shape index (κ3) is 4.45. The Hall–Kier alpha value is -3.03. The van der Waals surface area contributed by atoms with E-state index in [9.17, 15) is 5.26 Å². The van der Waals surface area contributed by atoms with Crippen molar-refractivity contribution in [2.45, 2.75) is 58.8 Å². The SMILES string of the molecule is CCCCCCCCc1c(C)c(C#N)c2nc3ccccc3n2c1Nc1cccc(Cl)c1. The van der Waals surface area contributed by atoms with Gasteiger partial charge in [0.15, 0.2) is 5.65 Å². The summed E-state index contributed by atoms with van der Waals surface area (Å²) in [5.41, 5.74) is 6.33. The molecule has 0 aliphatic rings. The van der Waals surface area contributed by atoms with E-state index in [0.29, 0.717) is 16.2 Å². The number of anilines is 2. The number of nitrogens with one attached hydrogen (secondary N) is 1. The first-order chi connectivity index (χ1) is 15.6. The maximum atomic E-state index is 10.0. The number of nitriles is 1. The lowest BCUT2D eigenvalue weighted by Crippen LogP contribution is -2.08. The summed E-state index contributed by atoms with van der Waals surface area (Å²) >= 11 is 6.26. The van der Waals surface area contributed by atoms with E-state index in [2.05, 4.69) is 28.8 Å². The van der Waals surface area contributed by atoms with Crippen molar-refractivity contribution < 1.29 is 0 Å². The summed E-state index contributed by atoms with van der Waals surface area (Å²) in [5, 5.41) is 14.3. The van der Waals surface area contributed by atoms with Crippen LogP contribution in [0.5, 0.6) is 0 Å². The average molecular weight is 445 g/mol. The fraction of sp³-hybridized carbons (Fsp3) is 0.333. The quantitative estimate of drug-likeness (QED) is 0.266. The Kier molecular flexibility index (Phi) is 6.97. The van der Waals surface area contributed by atoms with Gasteiger partial charge in [0.1, 0.15) is 11.9 Å². The van der Waals surface area contributed by atoms with Crippen LogP contribution in [0.1, 0.15) is 62.1 Å². The monoisotopic (exact) mass is 444 g/mol. The highest BCUT2D eigenvalue weighted by Crippen LogP contribution is 2.34.